The second kappa shape index (κ2) is 24.8. The van der Waals surface area contributed by atoms with Crippen molar-refractivity contribution in [1.82, 2.24) is 0 Å². The smallest absolute Gasteiger partial charge is 0.307 e. The predicted molar refractivity (Wildman–Crippen MR) is 176 cm³/mol. The third kappa shape index (κ3) is 21.4. The van der Waals surface area contributed by atoms with E-state index >= 15 is 0 Å². The molecular formula is C34H59NO14. The molecule has 0 aromatic heterocycles. The number of carboxylic acid groups (broad SMARTS) is 4. The Kier molecular flexibility index (Phi) is 23.1. The molecule has 0 aliphatic carbocycles. The minimum absolute atomic E-state index is 0.0859. The number of carboxylic acids is 4. The minimum Gasteiger partial charge on any atom is -0.481 e. The van der Waals surface area contributed by atoms with Gasteiger partial charge in [-0.15, -0.1) is 0 Å². The lowest BCUT2D eigenvalue weighted by Crippen LogP contribution is -2.42. The number of hydrogen-bond donors (Lipinski definition) is 7. The predicted octanol–water partition coefficient (Wildman–Crippen LogP) is 3.59. The molecule has 0 aliphatic heterocycles. The first-order valence-corrected chi connectivity index (χ1v) is 17.3. The molecule has 49 heavy (non-hydrogen) atoms. The van der Waals surface area contributed by atoms with E-state index in [4.69, 9.17) is 25.4 Å². The number of esters is 2. The number of aliphatic hydroxyl groups excluding tert-OH is 2. The van der Waals surface area contributed by atoms with Gasteiger partial charge in [0.05, 0.1) is 49.7 Å². The van der Waals surface area contributed by atoms with Gasteiger partial charge in [0.2, 0.25) is 0 Å². The van der Waals surface area contributed by atoms with Gasteiger partial charge in [0.15, 0.2) is 0 Å². The average molecular weight is 706 g/mol. The van der Waals surface area contributed by atoms with E-state index in [1.807, 2.05) is 13.8 Å². The van der Waals surface area contributed by atoms with E-state index in [1.54, 1.807) is 13.8 Å². The molecule has 0 aliphatic rings. The third-order valence-corrected chi connectivity index (χ3v) is 8.60. The van der Waals surface area contributed by atoms with Crippen LogP contribution in [0.2, 0.25) is 0 Å². The summed E-state index contributed by atoms with van der Waals surface area (Å²) in [6.07, 6.45) is 0.203. The average Bonchev–Trinajstić information content (AvgIpc) is 2.98. The van der Waals surface area contributed by atoms with Crippen LogP contribution in [0.25, 0.3) is 0 Å². The van der Waals surface area contributed by atoms with Gasteiger partial charge in [-0.25, -0.2) is 0 Å². The van der Waals surface area contributed by atoms with E-state index in [0.29, 0.717) is 19.3 Å². The largest absolute Gasteiger partial charge is 0.481 e. The van der Waals surface area contributed by atoms with Crippen molar-refractivity contribution in [1.29, 1.82) is 0 Å². The highest BCUT2D eigenvalue weighted by atomic mass is 16.6. The minimum atomic E-state index is -1.55. The monoisotopic (exact) mass is 705 g/mol. The Labute approximate surface area is 288 Å². The SMILES string of the molecule is CCCC[C@H](C)[C@H](OC(=O)C[C@H](CC(=O)O)C(=O)O)[C@H](C[C@H](C)CCCCCC[C@H](O)C[C@H](O)[C@@H](C)N)OC(=O)C[C@H](CC(=O)O)C(=O)O. The molecule has 0 rings (SSSR count). The van der Waals surface area contributed by atoms with Crippen LogP contribution in [0.15, 0.2) is 0 Å². The summed E-state index contributed by atoms with van der Waals surface area (Å²) in [4.78, 5) is 71.6. The Morgan fingerprint density at radius 2 is 1.12 bits per heavy atom. The van der Waals surface area contributed by atoms with Gasteiger partial charge in [0, 0.05) is 12.5 Å². The van der Waals surface area contributed by atoms with Crippen molar-refractivity contribution in [3.05, 3.63) is 0 Å². The van der Waals surface area contributed by atoms with Gasteiger partial charge in [-0.1, -0.05) is 65.7 Å². The lowest BCUT2D eigenvalue weighted by Gasteiger charge is -2.33. The molecule has 0 heterocycles. The molecular weight excluding hydrogens is 646 g/mol. The van der Waals surface area contributed by atoms with Gasteiger partial charge >= 0.3 is 35.8 Å². The fourth-order valence-electron chi connectivity index (χ4n) is 5.58. The van der Waals surface area contributed by atoms with Gasteiger partial charge in [0.25, 0.3) is 0 Å². The second-order valence-corrected chi connectivity index (χ2v) is 13.4. The Morgan fingerprint density at radius 1 is 0.633 bits per heavy atom. The zero-order chi connectivity index (χ0) is 37.7. The van der Waals surface area contributed by atoms with E-state index in [9.17, 15) is 49.2 Å². The van der Waals surface area contributed by atoms with Crippen LogP contribution in [0.1, 0.15) is 124 Å². The number of aliphatic hydroxyl groups is 2. The molecule has 0 amide bonds. The number of unbranched alkanes of at least 4 members (excludes halogenated alkanes) is 4. The number of hydrogen-bond acceptors (Lipinski definition) is 11. The fourth-order valence-corrected chi connectivity index (χ4v) is 5.58. The quantitative estimate of drug-likeness (QED) is 0.0433. The van der Waals surface area contributed by atoms with Crippen LogP contribution in [0, 0.1) is 23.7 Å². The third-order valence-electron chi connectivity index (χ3n) is 8.60. The Hall–Kier alpha value is -3.30. The maximum Gasteiger partial charge on any atom is 0.307 e. The molecule has 0 aromatic rings. The summed E-state index contributed by atoms with van der Waals surface area (Å²) < 4.78 is 11.5. The summed E-state index contributed by atoms with van der Waals surface area (Å²) in [5, 5.41) is 57.0. The molecule has 0 aromatic carbocycles. The van der Waals surface area contributed by atoms with Crippen molar-refractivity contribution in [2.75, 3.05) is 0 Å². The van der Waals surface area contributed by atoms with Crippen molar-refractivity contribution in [3.8, 4) is 0 Å². The topological polar surface area (TPSA) is 268 Å². The zero-order valence-corrected chi connectivity index (χ0v) is 29.3. The van der Waals surface area contributed by atoms with Gasteiger partial charge in [-0.2, -0.15) is 0 Å². The lowest BCUT2D eigenvalue weighted by atomic mass is 9.87. The van der Waals surface area contributed by atoms with Crippen LogP contribution in [-0.2, 0) is 38.2 Å². The molecule has 0 saturated carbocycles. The van der Waals surface area contributed by atoms with Crippen molar-refractivity contribution in [2.45, 2.75) is 154 Å². The second-order valence-electron chi connectivity index (χ2n) is 13.4. The first kappa shape index (κ1) is 45.7. The van der Waals surface area contributed by atoms with Crippen LogP contribution in [0.5, 0.6) is 0 Å². The highest BCUT2D eigenvalue weighted by Crippen LogP contribution is 2.29. The molecule has 284 valence electrons. The first-order valence-electron chi connectivity index (χ1n) is 17.3. The highest BCUT2D eigenvalue weighted by Gasteiger charge is 2.37. The molecule has 15 heteroatoms. The maximum absolute atomic E-state index is 13.0. The van der Waals surface area contributed by atoms with Crippen LogP contribution in [0.3, 0.4) is 0 Å². The Bertz CT molecular complexity index is 1030. The number of carbonyl (C=O) groups excluding carboxylic acids is 2. The summed E-state index contributed by atoms with van der Waals surface area (Å²) in [5.74, 6) is -11.3. The van der Waals surface area contributed by atoms with Crippen molar-refractivity contribution in [3.63, 3.8) is 0 Å². The molecule has 0 radical (unpaired) electrons. The molecule has 0 bridgehead atoms. The highest BCUT2D eigenvalue weighted by molar-refractivity contribution is 5.83. The number of nitrogens with two attached hydrogens (primary N) is 1. The number of aliphatic carboxylic acids is 4. The van der Waals surface area contributed by atoms with Gasteiger partial charge in [-0.05, 0) is 38.0 Å². The number of ether oxygens (including phenoxy) is 2. The summed E-state index contributed by atoms with van der Waals surface area (Å²) in [7, 11) is 0. The van der Waals surface area contributed by atoms with Crippen LogP contribution < -0.4 is 5.73 Å². The fraction of sp³-hybridized carbons (Fsp3) is 0.824. The normalized spacial score (nSPS) is 17.0. The summed E-state index contributed by atoms with van der Waals surface area (Å²) >= 11 is 0. The van der Waals surface area contributed by atoms with Crippen molar-refractivity contribution >= 4 is 35.8 Å². The van der Waals surface area contributed by atoms with E-state index in [2.05, 4.69) is 0 Å². The Balaban J connectivity index is 5.84. The number of carbonyl (C=O) groups is 6. The van der Waals surface area contributed by atoms with E-state index in [-0.39, 0.29) is 18.8 Å². The van der Waals surface area contributed by atoms with Crippen molar-refractivity contribution in [2.24, 2.45) is 29.4 Å². The van der Waals surface area contributed by atoms with E-state index in [1.165, 1.54) is 0 Å². The van der Waals surface area contributed by atoms with E-state index in [0.717, 1.165) is 38.5 Å². The molecule has 0 fully saturated rings. The molecule has 0 saturated heterocycles. The maximum atomic E-state index is 13.0. The van der Waals surface area contributed by atoms with Gasteiger partial charge in [-0.3, -0.25) is 28.8 Å². The zero-order valence-electron chi connectivity index (χ0n) is 29.3. The van der Waals surface area contributed by atoms with Crippen LogP contribution in [-0.4, -0.2) is 96.9 Å². The van der Waals surface area contributed by atoms with Crippen LogP contribution in [0.4, 0.5) is 0 Å². The molecule has 15 nitrogen and oxygen atoms in total. The standard InChI is InChI=1S/C34H59NO14/c1-5-6-12-21(3)32(49-31(43)18-24(34(46)47)16-29(40)41)27(48-30(42)17-23(33(44)45)15-28(38)39)14-20(2)11-9-7-8-10-13-25(36)19-26(37)22(4)35/h20-27,32,36-37H,5-19,35H2,1-4H3,(H,38,39)(H,40,41)(H,44,45)(H,46,47)/t20-,21+,22-,23+,24+,25+,26+,27+,32+/m1/s1. The summed E-state index contributed by atoms with van der Waals surface area (Å²) in [5.41, 5.74) is 5.64. The molecule has 0 unspecified atom stereocenters. The summed E-state index contributed by atoms with van der Waals surface area (Å²) in [6, 6.07) is -0.432. The van der Waals surface area contributed by atoms with E-state index < -0.39 is 110 Å². The first-order chi connectivity index (χ1) is 22.9. The van der Waals surface area contributed by atoms with Gasteiger partial charge in [0.1, 0.15) is 12.2 Å². The molecule has 0 spiro atoms. The van der Waals surface area contributed by atoms with Gasteiger partial charge < -0.3 is 45.8 Å². The molecule has 9 atom stereocenters. The lowest BCUT2D eigenvalue weighted by molar-refractivity contribution is -0.177. The summed E-state index contributed by atoms with van der Waals surface area (Å²) in [6.45, 7) is 7.31. The molecule has 8 N–H and O–H groups in total. The van der Waals surface area contributed by atoms with Crippen molar-refractivity contribution < 1.29 is 68.9 Å². The Morgan fingerprint density at radius 3 is 1.57 bits per heavy atom. The van der Waals surface area contributed by atoms with Crippen LogP contribution >= 0.6 is 0 Å². The number of rotatable bonds is 29.